The fourth-order valence-corrected chi connectivity index (χ4v) is 2.18. The minimum absolute atomic E-state index is 0.215. The average Bonchev–Trinajstić information content (AvgIpc) is 2.57. The minimum atomic E-state index is 0.215. The number of aromatic hydroxyl groups is 1. The molecule has 1 N–H and O–H groups in total. The van der Waals surface area contributed by atoms with E-state index in [1.54, 1.807) is 18.3 Å². The van der Waals surface area contributed by atoms with Crippen molar-refractivity contribution in [3.8, 4) is 5.75 Å². The van der Waals surface area contributed by atoms with E-state index in [1.807, 2.05) is 0 Å². The maximum Gasteiger partial charge on any atom is 0.138 e. The number of nitrogens with zero attached hydrogens (tertiary/aromatic N) is 2. The van der Waals surface area contributed by atoms with E-state index in [0.29, 0.717) is 65.1 Å². The molecule has 23 heavy (non-hydrogen) atoms. The Morgan fingerprint density at radius 2 is 1.39 bits per heavy atom. The molecule has 0 radical (unpaired) electrons. The molecule has 0 atom stereocenters. The fraction of sp³-hybridized carbons (Fsp3) is 0.688. The van der Waals surface area contributed by atoms with Gasteiger partial charge >= 0.3 is 0 Å². The highest BCUT2D eigenvalue weighted by Gasteiger charge is 2.10. The van der Waals surface area contributed by atoms with Crippen LogP contribution in [0.2, 0.25) is 0 Å². The molecule has 2 heterocycles. The number of rotatable bonds is 2. The first kappa shape index (κ1) is 18.1. The van der Waals surface area contributed by atoms with Gasteiger partial charge in [-0.1, -0.05) is 0 Å². The lowest BCUT2D eigenvalue weighted by Crippen LogP contribution is -2.31. The molecule has 1 aromatic heterocycles. The Balaban J connectivity index is 1.83. The first-order valence-electron chi connectivity index (χ1n) is 8.02. The molecule has 130 valence electrons. The topological polar surface area (TPSA) is 73.3 Å². The van der Waals surface area contributed by atoms with E-state index in [0.717, 1.165) is 13.1 Å². The zero-order valence-corrected chi connectivity index (χ0v) is 13.5. The van der Waals surface area contributed by atoms with Gasteiger partial charge in [-0.2, -0.15) is 0 Å². The van der Waals surface area contributed by atoms with Crippen LogP contribution in [0.4, 0.5) is 0 Å². The molecule has 1 fully saturated rings. The highest BCUT2D eigenvalue weighted by molar-refractivity contribution is 5.24. The summed E-state index contributed by atoms with van der Waals surface area (Å²) in [5, 5.41) is 9.86. The average molecular weight is 326 g/mol. The van der Waals surface area contributed by atoms with Crippen LogP contribution in [-0.2, 0) is 25.5 Å². The fourth-order valence-electron chi connectivity index (χ4n) is 2.18. The van der Waals surface area contributed by atoms with Crippen LogP contribution in [0.3, 0.4) is 0 Å². The zero-order chi connectivity index (χ0) is 16.2. The third-order valence-electron chi connectivity index (χ3n) is 3.46. The Morgan fingerprint density at radius 3 is 1.91 bits per heavy atom. The van der Waals surface area contributed by atoms with Gasteiger partial charge in [0.15, 0.2) is 0 Å². The lowest BCUT2D eigenvalue weighted by atomic mass is 10.3. The van der Waals surface area contributed by atoms with Crippen molar-refractivity contribution in [1.29, 1.82) is 0 Å². The molecular formula is C16H26N2O5. The number of hydrogen-bond donors (Lipinski definition) is 1. The lowest BCUT2D eigenvalue weighted by molar-refractivity contribution is 0.00206. The SMILES string of the molecule is Oc1cccnc1CN1CCOCCOCCOCCOCC1. The highest BCUT2D eigenvalue weighted by Crippen LogP contribution is 2.14. The van der Waals surface area contributed by atoms with Crippen LogP contribution in [0, 0.1) is 0 Å². The minimum Gasteiger partial charge on any atom is -0.506 e. The van der Waals surface area contributed by atoms with Crippen molar-refractivity contribution in [3.63, 3.8) is 0 Å². The molecule has 1 aromatic rings. The lowest BCUT2D eigenvalue weighted by Gasteiger charge is -2.22. The summed E-state index contributed by atoms with van der Waals surface area (Å²) in [4.78, 5) is 6.38. The van der Waals surface area contributed by atoms with Crippen molar-refractivity contribution >= 4 is 0 Å². The van der Waals surface area contributed by atoms with Crippen LogP contribution in [0.1, 0.15) is 5.69 Å². The van der Waals surface area contributed by atoms with Crippen LogP contribution in [0.15, 0.2) is 18.3 Å². The summed E-state index contributed by atoms with van der Waals surface area (Å²) in [7, 11) is 0. The molecule has 0 amide bonds. The van der Waals surface area contributed by atoms with Crippen LogP contribution >= 0.6 is 0 Å². The van der Waals surface area contributed by atoms with Gasteiger partial charge in [0.05, 0.1) is 58.5 Å². The van der Waals surface area contributed by atoms with Gasteiger partial charge in [-0.25, -0.2) is 0 Å². The third-order valence-corrected chi connectivity index (χ3v) is 3.46. The zero-order valence-electron chi connectivity index (χ0n) is 13.5. The van der Waals surface area contributed by atoms with E-state index in [2.05, 4.69) is 9.88 Å². The first-order chi connectivity index (χ1) is 11.4. The molecule has 1 aliphatic rings. The largest absolute Gasteiger partial charge is 0.506 e. The Bertz CT molecular complexity index is 417. The second-order valence-corrected chi connectivity index (χ2v) is 5.19. The Morgan fingerprint density at radius 1 is 0.870 bits per heavy atom. The summed E-state index contributed by atoms with van der Waals surface area (Å²) >= 11 is 0. The highest BCUT2D eigenvalue weighted by atomic mass is 16.6. The summed E-state index contributed by atoms with van der Waals surface area (Å²) in [6, 6.07) is 3.37. The monoisotopic (exact) mass is 326 g/mol. The standard InChI is InChI=1S/C16H26N2O5/c19-16-2-1-3-17-15(16)14-18-4-6-20-8-10-22-12-13-23-11-9-21-7-5-18/h1-3,19H,4-14H2. The van der Waals surface area contributed by atoms with Crippen LogP contribution in [0.5, 0.6) is 5.75 Å². The molecule has 0 saturated carbocycles. The number of hydrogen-bond acceptors (Lipinski definition) is 7. The molecular weight excluding hydrogens is 300 g/mol. The molecule has 0 aromatic carbocycles. The van der Waals surface area contributed by atoms with Crippen LogP contribution in [0.25, 0.3) is 0 Å². The van der Waals surface area contributed by atoms with Gasteiger partial charge in [0, 0.05) is 25.8 Å². The summed E-state index contributed by atoms with van der Waals surface area (Å²) in [5.74, 6) is 0.215. The molecule has 2 rings (SSSR count). The normalized spacial score (nSPS) is 20.5. The molecule has 7 nitrogen and oxygen atoms in total. The maximum absolute atomic E-state index is 9.86. The Labute approximate surface area is 137 Å². The second kappa shape index (κ2) is 11.3. The number of pyridine rings is 1. The van der Waals surface area contributed by atoms with Gasteiger partial charge in [-0.05, 0) is 12.1 Å². The van der Waals surface area contributed by atoms with Gasteiger partial charge < -0.3 is 24.1 Å². The Kier molecular flexibility index (Phi) is 8.90. The van der Waals surface area contributed by atoms with Crippen molar-refractivity contribution in [1.82, 2.24) is 9.88 Å². The summed E-state index contributed by atoms with van der Waals surface area (Å²) in [6.07, 6.45) is 1.68. The quantitative estimate of drug-likeness (QED) is 0.856. The van der Waals surface area contributed by atoms with E-state index in [4.69, 9.17) is 18.9 Å². The van der Waals surface area contributed by atoms with Crippen molar-refractivity contribution in [2.24, 2.45) is 0 Å². The predicted molar refractivity (Wildman–Crippen MR) is 84.5 cm³/mol. The molecule has 0 aliphatic carbocycles. The van der Waals surface area contributed by atoms with Gasteiger partial charge in [-0.3, -0.25) is 9.88 Å². The van der Waals surface area contributed by atoms with E-state index in [-0.39, 0.29) is 5.75 Å². The first-order valence-corrected chi connectivity index (χ1v) is 8.02. The predicted octanol–water partition coefficient (Wildman–Crippen LogP) is 0.669. The number of aromatic nitrogens is 1. The van der Waals surface area contributed by atoms with E-state index < -0.39 is 0 Å². The summed E-state index contributed by atoms with van der Waals surface area (Å²) in [6.45, 7) is 6.70. The van der Waals surface area contributed by atoms with Gasteiger partial charge in [0.2, 0.25) is 0 Å². The summed E-state index contributed by atoms with van der Waals surface area (Å²) < 4.78 is 22.0. The molecule has 0 unspecified atom stereocenters. The van der Waals surface area contributed by atoms with E-state index >= 15 is 0 Å². The maximum atomic E-state index is 9.86. The second-order valence-electron chi connectivity index (χ2n) is 5.19. The molecule has 0 bridgehead atoms. The van der Waals surface area contributed by atoms with E-state index in [1.165, 1.54) is 0 Å². The smallest absolute Gasteiger partial charge is 0.138 e. The third kappa shape index (κ3) is 7.71. The summed E-state index contributed by atoms with van der Waals surface area (Å²) in [5.41, 5.74) is 0.664. The van der Waals surface area contributed by atoms with Gasteiger partial charge in [0.1, 0.15) is 5.75 Å². The van der Waals surface area contributed by atoms with E-state index in [9.17, 15) is 5.11 Å². The van der Waals surface area contributed by atoms with Crippen molar-refractivity contribution in [3.05, 3.63) is 24.0 Å². The Hall–Kier alpha value is -1.25. The molecule has 1 saturated heterocycles. The van der Waals surface area contributed by atoms with Gasteiger partial charge in [0.25, 0.3) is 0 Å². The van der Waals surface area contributed by atoms with Gasteiger partial charge in [-0.15, -0.1) is 0 Å². The van der Waals surface area contributed by atoms with Crippen LogP contribution < -0.4 is 0 Å². The molecule has 0 spiro atoms. The van der Waals surface area contributed by atoms with Crippen molar-refractivity contribution < 1.29 is 24.1 Å². The number of ether oxygens (including phenoxy) is 4. The molecule has 1 aliphatic heterocycles. The van der Waals surface area contributed by atoms with Crippen molar-refractivity contribution in [2.45, 2.75) is 6.54 Å². The van der Waals surface area contributed by atoms with Crippen LogP contribution in [-0.4, -0.2) is 80.9 Å². The van der Waals surface area contributed by atoms with Crippen molar-refractivity contribution in [2.75, 3.05) is 65.9 Å². The molecule has 7 heteroatoms.